The monoisotopic (exact) mass is 274 g/mol. The van der Waals surface area contributed by atoms with Crippen LogP contribution in [0.4, 0.5) is 0 Å². The second kappa shape index (κ2) is 10.8. The molecule has 0 fully saturated rings. The van der Waals surface area contributed by atoms with E-state index in [4.69, 9.17) is 9.84 Å². The van der Waals surface area contributed by atoms with Crippen LogP contribution in [0.25, 0.3) is 0 Å². The predicted octanol–water partition coefficient (Wildman–Crippen LogP) is 0.714. The van der Waals surface area contributed by atoms with E-state index in [-0.39, 0.29) is 12.5 Å². The number of hydrogen-bond donors (Lipinski definition) is 2. The van der Waals surface area contributed by atoms with E-state index < -0.39 is 12.0 Å². The van der Waals surface area contributed by atoms with Crippen LogP contribution in [0.1, 0.15) is 33.1 Å². The molecule has 6 nitrogen and oxygen atoms in total. The molecule has 0 aromatic carbocycles. The van der Waals surface area contributed by atoms with Gasteiger partial charge in [0.25, 0.3) is 0 Å². The summed E-state index contributed by atoms with van der Waals surface area (Å²) in [6.07, 6.45) is 3.13. The van der Waals surface area contributed by atoms with Gasteiger partial charge in [0.05, 0.1) is 19.2 Å². The average molecular weight is 274 g/mol. The number of amides is 1. The lowest BCUT2D eigenvalue weighted by atomic mass is 10.2. The van der Waals surface area contributed by atoms with Gasteiger partial charge in [0, 0.05) is 20.2 Å². The number of aliphatic carboxylic acids is 1. The van der Waals surface area contributed by atoms with E-state index in [0.29, 0.717) is 19.7 Å². The number of nitrogens with zero attached hydrogens (tertiary/aromatic N) is 1. The Morgan fingerprint density at radius 3 is 2.58 bits per heavy atom. The summed E-state index contributed by atoms with van der Waals surface area (Å²) in [7, 11) is 1.55. The maximum absolute atomic E-state index is 11.9. The summed E-state index contributed by atoms with van der Waals surface area (Å²) in [4.78, 5) is 24.3. The Morgan fingerprint density at radius 2 is 2.05 bits per heavy atom. The summed E-state index contributed by atoms with van der Waals surface area (Å²) >= 11 is 0. The van der Waals surface area contributed by atoms with Gasteiger partial charge in [-0.05, 0) is 13.3 Å². The van der Waals surface area contributed by atoms with Gasteiger partial charge in [0.15, 0.2) is 0 Å². The van der Waals surface area contributed by atoms with Crippen molar-refractivity contribution in [2.24, 2.45) is 0 Å². The molecule has 1 amide bonds. The zero-order valence-corrected chi connectivity index (χ0v) is 12.1. The Hall–Kier alpha value is -1.14. The predicted molar refractivity (Wildman–Crippen MR) is 73.1 cm³/mol. The van der Waals surface area contributed by atoms with Crippen LogP contribution < -0.4 is 5.32 Å². The van der Waals surface area contributed by atoms with Crippen LogP contribution in [0.5, 0.6) is 0 Å². The van der Waals surface area contributed by atoms with Crippen molar-refractivity contribution in [3.63, 3.8) is 0 Å². The molecule has 0 bridgehead atoms. The van der Waals surface area contributed by atoms with Crippen molar-refractivity contribution in [3.05, 3.63) is 0 Å². The zero-order chi connectivity index (χ0) is 14.7. The maximum atomic E-state index is 11.9. The lowest BCUT2D eigenvalue weighted by Gasteiger charge is -2.26. The number of carboxylic acids is 1. The summed E-state index contributed by atoms with van der Waals surface area (Å²) in [5, 5.41) is 11.7. The van der Waals surface area contributed by atoms with Crippen molar-refractivity contribution in [1.29, 1.82) is 0 Å². The smallest absolute Gasteiger partial charge is 0.317 e. The standard InChI is InChI=1S/C13H26N2O4/c1-4-5-6-7-14-13(18)11(2)15(8-9-19-3)10-12(16)17/h11H,4-10H2,1-3H3,(H,14,18)(H,16,17). The van der Waals surface area contributed by atoms with Gasteiger partial charge in [0.2, 0.25) is 5.91 Å². The zero-order valence-electron chi connectivity index (χ0n) is 12.1. The Labute approximate surface area is 115 Å². The van der Waals surface area contributed by atoms with Crippen LogP contribution in [0.3, 0.4) is 0 Å². The van der Waals surface area contributed by atoms with Crippen molar-refractivity contribution in [2.45, 2.75) is 39.2 Å². The molecular formula is C13H26N2O4. The topological polar surface area (TPSA) is 78.9 Å². The number of carboxylic acid groups (broad SMARTS) is 1. The molecule has 0 rings (SSSR count). The molecule has 0 saturated heterocycles. The molecule has 0 aliphatic rings. The second-order valence-electron chi connectivity index (χ2n) is 4.53. The van der Waals surface area contributed by atoms with E-state index >= 15 is 0 Å². The van der Waals surface area contributed by atoms with E-state index in [2.05, 4.69) is 12.2 Å². The fourth-order valence-corrected chi connectivity index (χ4v) is 1.69. The first-order chi connectivity index (χ1) is 9.02. The van der Waals surface area contributed by atoms with Gasteiger partial charge in [-0.2, -0.15) is 0 Å². The third kappa shape index (κ3) is 8.56. The minimum absolute atomic E-state index is 0.131. The third-order valence-corrected chi connectivity index (χ3v) is 2.93. The number of nitrogens with one attached hydrogen (secondary N) is 1. The molecule has 0 radical (unpaired) electrons. The molecule has 6 heteroatoms. The van der Waals surface area contributed by atoms with Gasteiger partial charge < -0.3 is 15.2 Å². The first-order valence-corrected chi connectivity index (χ1v) is 6.75. The summed E-state index contributed by atoms with van der Waals surface area (Å²) in [5.41, 5.74) is 0. The van der Waals surface area contributed by atoms with Crippen LogP contribution in [-0.4, -0.2) is 61.3 Å². The SMILES string of the molecule is CCCCCNC(=O)C(C)N(CCOC)CC(=O)O. The number of hydrogen-bond acceptors (Lipinski definition) is 4. The van der Waals surface area contributed by atoms with Gasteiger partial charge in [-0.25, -0.2) is 0 Å². The first-order valence-electron chi connectivity index (χ1n) is 6.75. The minimum Gasteiger partial charge on any atom is -0.480 e. The largest absolute Gasteiger partial charge is 0.480 e. The van der Waals surface area contributed by atoms with E-state index in [1.165, 1.54) is 0 Å². The molecule has 1 unspecified atom stereocenters. The van der Waals surface area contributed by atoms with Crippen molar-refractivity contribution in [3.8, 4) is 0 Å². The Morgan fingerprint density at radius 1 is 1.37 bits per heavy atom. The summed E-state index contributed by atoms with van der Waals surface area (Å²) in [6, 6.07) is -0.465. The molecule has 0 heterocycles. The molecule has 0 saturated carbocycles. The van der Waals surface area contributed by atoms with Crippen LogP contribution in [0.2, 0.25) is 0 Å². The van der Waals surface area contributed by atoms with Crippen molar-refractivity contribution in [2.75, 3.05) is 33.4 Å². The van der Waals surface area contributed by atoms with Gasteiger partial charge in [-0.15, -0.1) is 0 Å². The molecular weight excluding hydrogens is 248 g/mol. The van der Waals surface area contributed by atoms with Crippen molar-refractivity contribution >= 4 is 11.9 Å². The van der Waals surface area contributed by atoms with Gasteiger partial charge in [0.1, 0.15) is 0 Å². The quantitative estimate of drug-likeness (QED) is 0.543. The number of methoxy groups -OCH3 is 1. The Balaban J connectivity index is 4.21. The van der Waals surface area contributed by atoms with E-state index in [0.717, 1.165) is 19.3 Å². The minimum atomic E-state index is -0.943. The van der Waals surface area contributed by atoms with E-state index in [1.54, 1.807) is 18.9 Å². The first kappa shape index (κ1) is 17.9. The number of ether oxygens (including phenoxy) is 1. The van der Waals surface area contributed by atoms with Gasteiger partial charge in [-0.1, -0.05) is 19.8 Å². The molecule has 0 aromatic rings. The van der Waals surface area contributed by atoms with Gasteiger partial charge >= 0.3 is 5.97 Å². The molecule has 1 atom stereocenters. The highest BCUT2D eigenvalue weighted by Crippen LogP contribution is 2.00. The number of carbonyl (C=O) groups is 2. The molecule has 0 aliphatic carbocycles. The van der Waals surface area contributed by atoms with Crippen molar-refractivity contribution < 1.29 is 19.4 Å². The highest BCUT2D eigenvalue weighted by molar-refractivity contribution is 5.82. The van der Waals surface area contributed by atoms with Crippen LogP contribution in [-0.2, 0) is 14.3 Å². The summed E-state index contributed by atoms with van der Waals surface area (Å²) in [5.74, 6) is -1.07. The second-order valence-corrected chi connectivity index (χ2v) is 4.53. The third-order valence-electron chi connectivity index (χ3n) is 2.93. The van der Waals surface area contributed by atoms with Crippen LogP contribution >= 0.6 is 0 Å². The fraction of sp³-hybridized carbons (Fsp3) is 0.846. The molecule has 0 aliphatic heterocycles. The maximum Gasteiger partial charge on any atom is 0.317 e. The van der Waals surface area contributed by atoms with Crippen LogP contribution in [0, 0.1) is 0 Å². The van der Waals surface area contributed by atoms with E-state index in [1.807, 2.05) is 0 Å². The highest BCUT2D eigenvalue weighted by atomic mass is 16.5. The normalized spacial score (nSPS) is 12.4. The molecule has 0 aromatic heterocycles. The summed E-state index contributed by atoms with van der Waals surface area (Å²) < 4.78 is 4.93. The van der Waals surface area contributed by atoms with Crippen LogP contribution in [0.15, 0.2) is 0 Å². The lowest BCUT2D eigenvalue weighted by Crippen LogP contribution is -2.48. The highest BCUT2D eigenvalue weighted by Gasteiger charge is 2.22. The summed E-state index contributed by atoms with van der Waals surface area (Å²) in [6.45, 7) is 5.12. The van der Waals surface area contributed by atoms with Gasteiger partial charge in [-0.3, -0.25) is 14.5 Å². The number of rotatable bonds is 11. The number of unbranched alkanes of at least 4 members (excludes halogenated alkanes) is 2. The molecule has 112 valence electrons. The molecule has 19 heavy (non-hydrogen) atoms. The fourth-order valence-electron chi connectivity index (χ4n) is 1.69. The number of carbonyl (C=O) groups excluding carboxylic acids is 1. The molecule has 0 spiro atoms. The molecule has 2 N–H and O–H groups in total. The Kier molecular flexibility index (Phi) is 10.1. The lowest BCUT2D eigenvalue weighted by molar-refractivity contribution is -0.140. The van der Waals surface area contributed by atoms with E-state index in [9.17, 15) is 9.59 Å². The average Bonchev–Trinajstić information content (AvgIpc) is 2.38. The van der Waals surface area contributed by atoms with Crippen molar-refractivity contribution in [1.82, 2.24) is 10.2 Å². The Bertz CT molecular complexity index is 271.